The first-order valence-electron chi connectivity index (χ1n) is 11.4. The number of nitrogens with two attached hydrogens (primary N) is 1. The zero-order valence-electron chi connectivity index (χ0n) is 18.9. The fourth-order valence-electron chi connectivity index (χ4n) is 4.29. The van der Waals surface area contributed by atoms with Gasteiger partial charge in [0, 0.05) is 21.7 Å². The molecule has 35 heavy (non-hydrogen) atoms. The fourth-order valence-corrected chi connectivity index (χ4v) is 7.19. The topological polar surface area (TPSA) is 76.5 Å². The van der Waals surface area contributed by atoms with Crippen molar-refractivity contribution < 1.29 is 0 Å². The first-order valence-corrected chi connectivity index (χ1v) is 13.1. The van der Waals surface area contributed by atoms with Gasteiger partial charge in [0.2, 0.25) is 0 Å². The number of hydrogen-bond donors (Lipinski definition) is 1. The number of hydrogen-bond acceptors (Lipinski definition) is 5. The van der Waals surface area contributed by atoms with E-state index in [0.717, 1.165) is 27.4 Å². The SMILES string of the molecule is Nc1nc(-c2ccccc2)nc2c1C(c1ccccc1)=NP(c1ccccc1)(c1ccccc1)=N2. The smallest absolute Gasteiger partial charge is 0.168 e. The average Bonchev–Trinajstić information content (AvgIpc) is 2.94. The second kappa shape index (κ2) is 8.79. The maximum atomic E-state index is 6.59. The average molecular weight is 472 g/mol. The molecule has 1 aliphatic heterocycles. The molecule has 0 radical (unpaired) electrons. The van der Waals surface area contributed by atoms with Gasteiger partial charge in [-0.1, -0.05) is 121 Å². The molecular weight excluding hydrogens is 449 g/mol. The van der Waals surface area contributed by atoms with Crippen LogP contribution in [0.5, 0.6) is 0 Å². The Labute approximate surface area is 204 Å². The molecule has 2 N–H and O–H groups in total. The second-order valence-corrected chi connectivity index (χ2v) is 10.8. The molecule has 0 spiro atoms. The minimum absolute atomic E-state index is 0.374. The molecule has 0 atom stereocenters. The van der Waals surface area contributed by atoms with Crippen LogP contribution in [0.1, 0.15) is 11.1 Å². The summed E-state index contributed by atoms with van der Waals surface area (Å²) in [7, 11) is -2.61. The van der Waals surface area contributed by atoms with Crippen molar-refractivity contribution in [2.24, 2.45) is 9.51 Å². The minimum atomic E-state index is -2.61. The molecule has 0 saturated heterocycles. The van der Waals surface area contributed by atoms with Crippen LogP contribution in [-0.2, 0) is 0 Å². The van der Waals surface area contributed by atoms with E-state index in [-0.39, 0.29) is 0 Å². The number of rotatable bonds is 4. The lowest BCUT2D eigenvalue weighted by molar-refractivity contribution is 1.16. The van der Waals surface area contributed by atoms with Gasteiger partial charge in [-0.15, -0.1) is 0 Å². The summed E-state index contributed by atoms with van der Waals surface area (Å²) in [6.07, 6.45) is 0. The third-order valence-electron chi connectivity index (χ3n) is 5.95. The van der Waals surface area contributed by atoms with E-state index >= 15 is 0 Å². The molecular formula is C29H22N5P. The molecule has 0 bridgehead atoms. The van der Waals surface area contributed by atoms with E-state index in [1.807, 2.05) is 97.1 Å². The molecule has 0 aliphatic carbocycles. The Hall–Kier alpha value is -4.34. The Kier molecular flexibility index (Phi) is 5.32. The summed E-state index contributed by atoms with van der Waals surface area (Å²) in [5.41, 5.74) is 9.90. The van der Waals surface area contributed by atoms with Gasteiger partial charge in [0.25, 0.3) is 0 Å². The van der Waals surface area contributed by atoms with Crippen LogP contribution < -0.4 is 16.3 Å². The summed E-state index contributed by atoms with van der Waals surface area (Å²) in [5.74, 6) is 1.50. The molecule has 2 heterocycles. The minimum Gasteiger partial charge on any atom is -0.383 e. The van der Waals surface area contributed by atoms with Gasteiger partial charge in [-0.25, -0.2) is 19.5 Å². The van der Waals surface area contributed by atoms with Crippen molar-refractivity contribution in [3.63, 3.8) is 0 Å². The van der Waals surface area contributed by atoms with Crippen molar-refractivity contribution in [2.45, 2.75) is 0 Å². The van der Waals surface area contributed by atoms with Crippen molar-refractivity contribution in [3.8, 4) is 11.4 Å². The van der Waals surface area contributed by atoms with Crippen molar-refractivity contribution >= 4 is 35.2 Å². The van der Waals surface area contributed by atoms with Crippen LogP contribution in [0.3, 0.4) is 0 Å². The number of nitrogen functional groups attached to an aromatic ring is 1. The lowest BCUT2D eigenvalue weighted by Gasteiger charge is -2.28. The number of benzene rings is 4. The zero-order chi connectivity index (χ0) is 23.7. The highest BCUT2D eigenvalue weighted by Crippen LogP contribution is 2.56. The van der Waals surface area contributed by atoms with E-state index in [1.54, 1.807) is 0 Å². The molecule has 0 unspecified atom stereocenters. The predicted octanol–water partition coefficient (Wildman–Crippen LogP) is 5.98. The predicted molar refractivity (Wildman–Crippen MR) is 145 cm³/mol. The van der Waals surface area contributed by atoms with Crippen LogP contribution in [-0.4, -0.2) is 15.7 Å². The van der Waals surface area contributed by atoms with Gasteiger partial charge >= 0.3 is 0 Å². The summed E-state index contributed by atoms with van der Waals surface area (Å²) < 4.78 is 10.8. The first kappa shape index (κ1) is 21.2. The molecule has 0 amide bonds. The second-order valence-electron chi connectivity index (χ2n) is 8.18. The van der Waals surface area contributed by atoms with Crippen molar-refractivity contribution in [1.82, 2.24) is 9.97 Å². The molecule has 168 valence electrons. The maximum Gasteiger partial charge on any atom is 0.168 e. The molecule has 0 saturated carbocycles. The van der Waals surface area contributed by atoms with E-state index in [2.05, 4.69) is 29.2 Å². The Bertz CT molecular complexity index is 1540. The van der Waals surface area contributed by atoms with Crippen molar-refractivity contribution in [1.29, 1.82) is 0 Å². The lowest BCUT2D eigenvalue weighted by Crippen LogP contribution is -2.21. The Morgan fingerprint density at radius 2 is 1.03 bits per heavy atom. The molecule has 5 nitrogen and oxygen atoms in total. The largest absolute Gasteiger partial charge is 0.383 e. The molecule has 6 rings (SSSR count). The highest BCUT2D eigenvalue weighted by molar-refractivity contribution is 7.80. The number of nitrogens with zero attached hydrogens (tertiary/aromatic N) is 4. The summed E-state index contributed by atoms with van der Waals surface area (Å²) >= 11 is 0. The van der Waals surface area contributed by atoms with Crippen LogP contribution >= 0.6 is 7.21 Å². The first-order chi connectivity index (χ1) is 17.2. The Balaban J connectivity index is 1.73. The monoisotopic (exact) mass is 471 g/mol. The van der Waals surface area contributed by atoms with E-state index in [1.165, 1.54) is 0 Å². The Morgan fingerprint density at radius 3 is 1.57 bits per heavy atom. The van der Waals surface area contributed by atoms with E-state index in [0.29, 0.717) is 23.0 Å². The standard InChI is InChI=1S/C29H22N5P/c30-27-25-26(21-13-5-1-6-14-21)33-35(23-17-9-3-10-18-23,24-19-11-4-12-20-24)34-29(25)32-28(31-27)22-15-7-2-8-16-22/h1-20H,(H2,30,31,32). The highest BCUT2D eigenvalue weighted by Gasteiger charge is 2.33. The molecule has 5 aromatic rings. The zero-order valence-corrected chi connectivity index (χ0v) is 19.8. The summed E-state index contributed by atoms with van der Waals surface area (Å²) in [5, 5.41) is 2.12. The van der Waals surface area contributed by atoms with Crippen LogP contribution in [0.2, 0.25) is 0 Å². The number of aromatic nitrogens is 2. The molecule has 1 aliphatic rings. The van der Waals surface area contributed by atoms with Crippen LogP contribution in [0.4, 0.5) is 11.6 Å². The number of anilines is 1. The Morgan fingerprint density at radius 1 is 0.543 bits per heavy atom. The summed E-state index contributed by atoms with van der Waals surface area (Å²) in [6.45, 7) is 0. The number of fused-ring (bicyclic) bond motifs is 1. The third kappa shape index (κ3) is 3.76. The normalized spacial score (nSPS) is 13.9. The van der Waals surface area contributed by atoms with Crippen molar-refractivity contribution in [3.05, 3.63) is 132 Å². The third-order valence-corrected chi connectivity index (χ3v) is 8.96. The maximum absolute atomic E-state index is 6.59. The van der Waals surface area contributed by atoms with Gasteiger partial charge in [0.05, 0.1) is 11.3 Å². The van der Waals surface area contributed by atoms with Gasteiger partial charge in [0.15, 0.2) is 11.6 Å². The summed E-state index contributed by atoms with van der Waals surface area (Å²) in [4.78, 5) is 9.62. The lowest BCUT2D eigenvalue weighted by atomic mass is 10.0. The van der Waals surface area contributed by atoms with E-state index in [4.69, 9.17) is 20.2 Å². The molecule has 4 aromatic carbocycles. The van der Waals surface area contributed by atoms with Gasteiger partial charge in [-0.3, -0.25) is 0 Å². The summed E-state index contributed by atoms with van der Waals surface area (Å²) in [6, 6.07) is 40.5. The van der Waals surface area contributed by atoms with Crippen LogP contribution in [0, 0.1) is 0 Å². The van der Waals surface area contributed by atoms with E-state index in [9.17, 15) is 0 Å². The van der Waals surface area contributed by atoms with E-state index < -0.39 is 7.21 Å². The molecule has 1 aromatic heterocycles. The quantitative estimate of drug-likeness (QED) is 0.328. The fraction of sp³-hybridized carbons (Fsp3) is 0. The van der Waals surface area contributed by atoms with Crippen LogP contribution in [0.15, 0.2) is 131 Å². The van der Waals surface area contributed by atoms with Crippen LogP contribution in [0.25, 0.3) is 11.4 Å². The molecule has 0 fully saturated rings. The van der Waals surface area contributed by atoms with Crippen molar-refractivity contribution in [2.75, 3.05) is 5.73 Å². The van der Waals surface area contributed by atoms with Gasteiger partial charge < -0.3 is 5.73 Å². The van der Waals surface area contributed by atoms with Gasteiger partial charge in [0.1, 0.15) is 13.0 Å². The highest BCUT2D eigenvalue weighted by atomic mass is 31.2. The molecule has 6 heteroatoms. The van der Waals surface area contributed by atoms with Gasteiger partial charge in [-0.05, 0) is 0 Å². The van der Waals surface area contributed by atoms with Gasteiger partial charge in [-0.2, -0.15) is 0 Å².